The summed E-state index contributed by atoms with van der Waals surface area (Å²) >= 11 is 0. The summed E-state index contributed by atoms with van der Waals surface area (Å²) in [6.07, 6.45) is 6.84. The summed E-state index contributed by atoms with van der Waals surface area (Å²) in [6.45, 7) is 3.64. The van der Waals surface area contributed by atoms with Crippen LogP contribution in [0.1, 0.15) is 25.7 Å². The summed E-state index contributed by atoms with van der Waals surface area (Å²) in [6, 6.07) is 0. The molecule has 2 saturated carbocycles. The highest BCUT2D eigenvalue weighted by Crippen LogP contribution is 2.49. The van der Waals surface area contributed by atoms with Crippen LogP contribution in [0.4, 0.5) is 0 Å². The topological polar surface area (TPSA) is 20.2 Å². The van der Waals surface area contributed by atoms with Gasteiger partial charge >= 0.3 is 0 Å². The largest absolute Gasteiger partial charge is 0.389 e. The maximum absolute atomic E-state index is 9.56. The van der Waals surface area contributed by atoms with E-state index in [1.165, 1.54) is 25.7 Å². The Hall–Kier alpha value is -0.300. The van der Waals surface area contributed by atoms with Crippen molar-refractivity contribution in [1.29, 1.82) is 0 Å². The predicted molar refractivity (Wildman–Crippen MR) is 45.1 cm³/mol. The number of hydrogen-bond acceptors (Lipinski definition) is 1. The van der Waals surface area contributed by atoms with Crippen molar-refractivity contribution in [1.82, 2.24) is 0 Å². The molecule has 2 aliphatic carbocycles. The minimum Gasteiger partial charge on any atom is -0.389 e. The third-order valence-electron chi connectivity index (χ3n) is 3.47. The first-order chi connectivity index (χ1) is 5.31. The van der Waals surface area contributed by atoms with Crippen molar-refractivity contribution in [2.75, 3.05) is 0 Å². The number of fused-ring (bicyclic) bond motifs is 2. The van der Waals surface area contributed by atoms with Crippen LogP contribution < -0.4 is 0 Å². The van der Waals surface area contributed by atoms with E-state index in [2.05, 4.69) is 6.58 Å². The summed E-state index contributed by atoms with van der Waals surface area (Å²) in [5, 5.41) is 9.56. The van der Waals surface area contributed by atoms with Gasteiger partial charge in [0.25, 0.3) is 0 Å². The van der Waals surface area contributed by atoms with E-state index in [1.54, 1.807) is 6.08 Å². The third kappa shape index (κ3) is 1.12. The van der Waals surface area contributed by atoms with Gasteiger partial charge in [0.15, 0.2) is 0 Å². The van der Waals surface area contributed by atoms with Crippen LogP contribution in [-0.2, 0) is 0 Å². The van der Waals surface area contributed by atoms with Gasteiger partial charge in [-0.25, -0.2) is 0 Å². The summed E-state index contributed by atoms with van der Waals surface area (Å²) in [4.78, 5) is 0. The van der Waals surface area contributed by atoms with Gasteiger partial charge < -0.3 is 5.11 Å². The standard InChI is InChI=1S/C10H16O/c1-2-10(11)9-6-7-3-4-8(9)5-7/h2,7-11H,1,3-6H2. The molecule has 1 N–H and O–H groups in total. The SMILES string of the molecule is C=CC(O)C1CC2CCC1C2. The Labute approximate surface area is 68.1 Å². The highest BCUT2D eigenvalue weighted by atomic mass is 16.3. The Balaban J connectivity index is 2.01. The normalized spacial score (nSPS) is 44.3. The minimum absolute atomic E-state index is 0.231. The number of hydrogen-bond donors (Lipinski definition) is 1. The van der Waals surface area contributed by atoms with Gasteiger partial charge in [0, 0.05) is 0 Å². The number of rotatable bonds is 2. The fourth-order valence-electron chi connectivity index (χ4n) is 2.89. The number of aliphatic hydroxyl groups is 1. The Morgan fingerprint density at radius 3 is 2.64 bits per heavy atom. The van der Waals surface area contributed by atoms with Gasteiger partial charge in [-0.15, -0.1) is 6.58 Å². The average Bonchev–Trinajstić information content (AvgIpc) is 2.62. The summed E-state index contributed by atoms with van der Waals surface area (Å²) < 4.78 is 0. The second-order valence-corrected chi connectivity index (χ2v) is 4.07. The predicted octanol–water partition coefficient (Wildman–Crippen LogP) is 1.97. The van der Waals surface area contributed by atoms with Crippen LogP contribution in [0.3, 0.4) is 0 Å². The second-order valence-electron chi connectivity index (χ2n) is 4.07. The lowest BCUT2D eigenvalue weighted by Gasteiger charge is -2.24. The lowest BCUT2D eigenvalue weighted by atomic mass is 9.85. The van der Waals surface area contributed by atoms with Crippen LogP contribution in [-0.4, -0.2) is 11.2 Å². The Morgan fingerprint density at radius 2 is 2.18 bits per heavy atom. The van der Waals surface area contributed by atoms with Crippen molar-refractivity contribution in [3.8, 4) is 0 Å². The first kappa shape index (κ1) is 7.35. The monoisotopic (exact) mass is 152 g/mol. The van der Waals surface area contributed by atoms with E-state index in [-0.39, 0.29) is 6.10 Å². The van der Waals surface area contributed by atoms with Crippen molar-refractivity contribution >= 4 is 0 Å². The van der Waals surface area contributed by atoms with Gasteiger partial charge in [-0.1, -0.05) is 12.5 Å². The molecule has 2 fully saturated rings. The Bertz CT molecular complexity index is 164. The Morgan fingerprint density at radius 1 is 1.36 bits per heavy atom. The molecule has 0 aromatic heterocycles. The molecule has 2 bridgehead atoms. The summed E-state index contributed by atoms with van der Waals surface area (Å²) in [7, 11) is 0. The van der Waals surface area contributed by atoms with Crippen molar-refractivity contribution in [3.05, 3.63) is 12.7 Å². The van der Waals surface area contributed by atoms with Gasteiger partial charge in [0.2, 0.25) is 0 Å². The smallest absolute Gasteiger partial charge is 0.0749 e. The molecule has 2 aliphatic rings. The van der Waals surface area contributed by atoms with Crippen LogP contribution in [0.2, 0.25) is 0 Å². The quantitative estimate of drug-likeness (QED) is 0.600. The fourth-order valence-corrected chi connectivity index (χ4v) is 2.89. The zero-order chi connectivity index (χ0) is 7.84. The molecule has 0 aromatic rings. The molecule has 0 aromatic carbocycles. The van der Waals surface area contributed by atoms with E-state index < -0.39 is 0 Å². The van der Waals surface area contributed by atoms with Gasteiger partial charge in [0.05, 0.1) is 6.10 Å². The minimum atomic E-state index is -0.231. The van der Waals surface area contributed by atoms with Crippen molar-refractivity contribution in [2.45, 2.75) is 31.8 Å². The molecule has 0 spiro atoms. The first-order valence-electron chi connectivity index (χ1n) is 4.62. The van der Waals surface area contributed by atoms with Crippen molar-refractivity contribution in [2.24, 2.45) is 17.8 Å². The van der Waals surface area contributed by atoms with E-state index in [4.69, 9.17) is 0 Å². The molecule has 62 valence electrons. The molecular weight excluding hydrogens is 136 g/mol. The maximum Gasteiger partial charge on any atom is 0.0749 e. The average molecular weight is 152 g/mol. The molecule has 4 unspecified atom stereocenters. The molecule has 1 nitrogen and oxygen atoms in total. The lowest BCUT2D eigenvalue weighted by molar-refractivity contribution is 0.114. The van der Waals surface area contributed by atoms with Crippen LogP contribution in [0.5, 0.6) is 0 Å². The second kappa shape index (κ2) is 2.63. The first-order valence-corrected chi connectivity index (χ1v) is 4.62. The van der Waals surface area contributed by atoms with Gasteiger partial charge in [-0.05, 0) is 37.0 Å². The Kier molecular flexibility index (Phi) is 1.76. The highest BCUT2D eigenvalue weighted by molar-refractivity contribution is 4.97. The maximum atomic E-state index is 9.56. The van der Waals surface area contributed by atoms with E-state index in [0.717, 1.165) is 11.8 Å². The zero-order valence-corrected chi connectivity index (χ0v) is 6.87. The zero-order valence-electron chi connectivity index (χ0n) is 6.87. The van der Waals surface area contributed by atoms with Crippen LogP contribution in [0.25, 0.3) is 0 Å². The van der Waals surface area contributed by atoms with E-state index in [1.807, 2.05) is 0 Å². The molecular formula is C10H16O. The number of aliphatic hydroxyl groups excluding tert-OH is 1. The molecule has 0 heterocycles. The van der Waals surface area contributed by atoms with E-state index in [9.17, 15) is 5.11 Å². The molecule has 0 amide bonds. The molecule has 0 saturated heterocycles. The lowest BCUT2D eigenvalue weighted by Crippen LogP contribution is -2.23. The van der Waals surface area contributed by atoms with Crippen LogP contribution in [0.15, 0.2) is 12.7 Å². The third-order valence-corrected chi connectivity index (χ3v) is 3.47. The summed E-state index contributed by atoms with van der Waals surface area (Å²) in [5.74, 6) is 2.29. The van der Waals surface area contributed by atoms with Crippen LogP contribution in [0, 0.1) is 17.8 Å². The van der Waals surface area contributed by atoms with Gasteiger partial charge in [-0.3, -0.25) is 0 Å². The summed E-state index contributed by atoms with van der Waals surface area (Å²) in [5.41, 5.74) is 0. The molecule has 0 radical (unpaired) electrons. The van der Waals surface area contributed by atoms with E-state index >= 15 is 0 Å². The van der Waals surface area contributed by atoms with Crippen LogP contribution >= 0.6 is 0 Å². The van der Waals surface area contributed by atoms with Crippen molar-refractivity contribution in [3.63, 3.8) is 0 Å². The molecule has 0 aliphatic heterocycles. The van der Waals surface area contributed by atoms with Gasteiger partial charge in [0.1, 0.15) is 0 Å². The molecule has 2 rings (SSSR count). The van der Waals surface area contributed by atoms with Gasteiger partial charge in [-0.2, -0.15) is 0 Å². The molecule has 4 atom stereocenters. The van der Waals surface area contributed by atoms with Crippen molar-refractivity contribution < 1.29 is 5.11 Å². The molecule has 11 heavy (non-hydrogen) atoms. The molecule has 1 heteroatoms. The van der Waals surface area contributed by atoms with E-state index in [0.29, 0.717) is 5.92 Å². The fraction of sp³-hybridized carbons (Fsp3) is 0.800. The highest BCUT2D eigenvalue weighted by Gasteiger charge is 2.41.